The molecule has 0 saturated heterocycles. The van der Waals surface area contributed by atoms with Gasteiger partial charge in [-0.1, -0.05) is 80.4 Å². The van der Waals surface area contributed by atoms with Gasteiger partial charge in [-0.3, -0.25) is 9.59 Å². The van der Waals surface area contributed by atoms with Crippen molar-refractivity contribution >= 4 is 23.6 Å². The number of thioether (sulfide) groups is 1. The molecule has 3 rings (SSSR count). The molecular formula is C24H29NO3S. The summed E-state index contributed by atoms with van der Waals surface area (Å²) in [6.45, 7) is 1.96. The zero-order valence-corrected chi connectivity index (χ0v) is 17.7. The molecular weight excluding hydrogens is 382 g/mol. The summed E-state index contributed by atoms with van der Waals surface area (Å²) < 4.78 is 5.23. The van der Waals surface area contributed by atoms with Crippen LogP contribution in [-0.4, -0.2) is 30.3 Å². The van der Waals surface area contributed by atoms with Crippen LogP contribution in [0.25, 0.3) is 0 Å². The van der Waals surface area contributed by atoms with Crippen molar-refractivity contribution in [3.05, 3.63) is 71.8 Å². The fourth-order valence-electron chi connectivity index (χ4n) is 3.76. The van der Waals surface area contributed by atoms with E-state index in [1.54, 1.807) is 0 Å². The number of rotatable bonds is 8. The number of hydrogen-bond donors (Lipinski definition) is 1. The molecule has 0 bridgehead atoms. The van der Waals surface area contributed by atoms with E-state index in [0.717, 1.165) is 30.4 Å². The lowest BCUT2D eigenvalue weighted by atomic mass is 9.86. The molecule has 0 spiro atoms. The van der Waals surface area contributed by atoms with E-state index < -0.39 is 0 Å². The first-order valence-electron chi connectivity index (χ1n) is 10.3. The second-order valence-corrected chi connectivity index (χ2v) is 8.70. The molecule has 4 nitrogen and oxygen atoms in total. The van der Waals surface area contributed by atoms with Crippen molar-refractivity contribution in [2.24, 2.45) is 5.92 Å². The normalized spacial score (nSPS) is 19.0. The van der Waals surface area contributed by atoms with Gasteiger partial charge in [-0.05, 0) is 29.9 Å². The molecule has 154 valence electrons. The predicted molar refractivity (Wildman–Crippen MR) is 118 cm³/mol. The maximum absolute atomic E-state index is 12.2. The van der Waals surface area contributed by atoms with Gasteiger partial charge in [0.05, 0.1) is 11.0 Å². The SMILES string of the molecule is C[C@@H]1CCCC[C@@H]1NC(=O)COC(=O)CSC(c1ccccc1)c1ccccc1. The Morgan fingerprint density at radius 2 is 1.59 bits per heavy atom. The summed E-state index contributed by atoms with van der Waals surface area (Å²) in [7, 11) is 0. The maximum atomic E-state index is 12.2. The molecule has 0 heterocycles. The van der Waals surface area contributed by atoms with Crippen LogP contribution in [0.4, 0.5) is 0 Å². The summed E-state index contributed by atoms with van der Waals surface area (Å²) in [5, 5.41) is 3.06. The topological polar surface area (TPSA) is 55.4 Å². The predicted octanol–water partition coefficient (Wildman–Crippen LogP) is 4.75. The lowest BCUT2D eigenvalue weighted by Gasteiger charge is -2.29. The first-order chi connectivity index (χ1) is 14.1. The van der Waals surface area contributed by atoms with Crippen LogP contribution < -0.4 is 5.32 Å². The van der Waals surface area contributed by atoms with Crippen molar-refractivity contribution in [3.63, 3.8) is 0 Å². The van der Waals surface area contributed by atoms with Crippen LogP contribution in [0.2, 0.25) is 0 Å². The minimum Gasteiger partial charge on any atom is -0.455 e. The van der Waals surface area contributed by atoms with Gasteiger partial charge in [-0.15, -0.1) is 11.8 Å². The molecule has 0 radical (unpaired) electrons. The minimum absolute atomic E-state index is 0.0434. The zero-order chi connectivity index (χ0) is 20.5. The first-order valence-corrected chi connectivity index (χ1v) is 11.3. The minimum atomic E-state index is -0.362. The summed E-state index contributed by atoms with van der Waals surface area (Å²) in [5.41, 5.74) is 2.28. The van der Waals surface area contributed by atoms with Gasteiger partial charge in [0.25, 0.3) is 5.91 Å². The monoisotopic (exact) mass is 411 g/mol. The number of esters is 1. The van der Waals surface area contributed by atoms with Gasteiger partial charge in [0.2, 0.25) is 0 Å². The van der Waals surface area contributed by atoms with Gasteiger partial charge >= 0.3 is 5.97 Å². The smallest absolute Gasteiger partial charge is 0.316 e. The van der Waals surface area contributed by atoms with Crippen molar-refractivity contribution in [1.82, 2.24) is 5.32 Å². The molecule has 0 aliphatic heterocycles. The second kappa shape index (κ2) is 11.1. The summed E-state index contributed by atoms with van der Waals surface area (Å²) >= 11 is 1.52. The lowest BCUT2D eigenvalue weighted by Crippen LogP contribution is -2.43. The quantitative estimate of drug-likeness (QED) is 0.637. The molecule has 2 aromatic carbocycles. The molecule has 1 saturated carbocycles. The Morgan fingerprint density at radius 3 is 2.17 bits per heavy atom. The Kier molecular flexibility index (Phi) is 8.17. The first kappa shape index (κ1) is 21.4. The van der Waals surface area contributed by atoms with E-state index >= 15 is 0 Å². The van der Waals surface area contributed by atoms with Crippen molar-refractivity contribution in [2.45, 2.75) is 43.9 Å². The maximum Gasteiger partial charge on any atom is 0.316 e. The molecule has 0 aromatic heterocycles. The van der Waals surface area contributed by atoms with E-state index in [1.165, 1.54) is 18.2 Å². The van der Waals surface area contributed by atoms with E-state index in [4.69, 9.17) is 4.74 Å². The van der Waals surface area contributed by atoms with Gasteiger partial charge in [0, 0.05) is 6.04 Å². The third-order valence-electron chi connectivity index (χ3n) is 5.39. The van der Waals surface area contributed by atoms with Gasteiger partial charge < -0.3 is 10.1 Å². The van der Waals surface area contributed by atoms with Crippen LogP contribution in [0.3, 0.4) is 0 Å². The highest BCUT2D eigenvalue weighted by molar-refractivity contribution is 8.00. The molecule has 1 fully saturated rings. The molecule has 5 heteroatoms. The van der Waals surface area contributed by atoms with Crippen LogP contribution >= 0.6 is 11.8 Å². The summed E-state index contributed by atoms with van der Waals surface area (Å²) in [6, 6.07) is 20.4. The van der Waals surface area contributed by atoms with Gasteiger partial charge in [0.15, 0.2) is 6.61 Å². The average Bonchev–Trinajstić information content (AvgIpc) is 2.75. The van der Waals surface area contributed by atoms with E-state index in [9.17, 15) is 9.59 Å². The Bertz CT molecular complexity index is 742. The third kappa shape index (κ3) is 6.64. The largest absolute Gasteiger partial charge is 0.455 e. The highest BCUT2D eigenvalue weighted by Crippen LogP contribution is 2.35. The summed E-state index contributed by atoms with van der Waals surface area (Å²) in [4.78, 5) is 24.4. The zero-order valence-electron chi connectivity index (χ0n) is 16.9. The molecule has 29 heavy (non-hydrogen) atoms. The van der Waals surface area contributed by atoms with Gasteiger partial charge in [-0.2, -0.15) is 0 Å². The van der Waals surface area contributed by atoms with Crippen molar-refractivity contribution < 1.29 is 14.3 Å². The third-order valence-corrected chi connectivity index (χ3v) is 6.67. The summed E-state index contributed by atoms with van der Waals surface area (Å²) in [6.07, 6.45) is 4.52. The standard InChI is InChI=1S/C24H29NO3S/c1-18-10-8-9-15-21(18)25-22(26)16-28-23(27)17-29-24(19-11-4-2-5-12-19)20-13-6-3-7-14-20/h2-7,11-14,18,21,24H,8-10,15-17H2,1H3,(H,25,26)/t18-,21+/m1/s1. The number of hydrogen-bond acceptors (Lipinski definition) is 4. The summed E-state index contributed by atoms with van der Waals surface area (Å²) in [5.74, 6) is 0.113. The van der Waals surface area contributed by atoms with Gasteiger partial charge in [0.1, 0.15) is 0 Å². The van der Waals surface area contributed by atoms with E-state index in [-0.39, 0.29) is 35.5 Å². The van der Waals surface area contributed by atoms with Crippen molar-refractivity contribution in [3.8, 4) is 0 Å². The fourth-order valence-corrected chi connectivity index (χ4v) is 4.84. The number of benzene rings is 2. The molecule has 0 unspecified atom stereocenters. The van der Waals surface area contributed by atoms with Crippen LogP contribution in [0.1, 0.15) is 49.0 Å². The van der Waals surface area contributed by atoms with Crippen LogP contribution in [0.5, 0.6) is 0 Å². The molecule has 1 aliphatic rings. The Labute approximate surface area is 177 Å². The molecule has 1 N–H and O–H groups in total. The number of carbonyl (C=O) groups is 2. The molecule has 1 aliphatic carbocycles. The molecule has 2 atom stereocenters. The number of nitrogens with one attached hydrogen (secondary N) is 1. The Hall–Kier alpha value is -2.27. The van der Waals surface area contributed by atoms with E-state index in [0.29, 0.717) is 5.92 Å². The number of carbonyl (C=O) groups excluding carboxylic acids is 2. The highest BCUT2D eigenvalue weighted by Gasteiger charge is 2.23. The van der Waals surface area contributed by atoms with E-state index in [2.05, 4.69) is 36.5 Å². The number of amides is 1. The lowest BCUT2D eigenvalue weighted by molar-refractivity contribution is -0.146. The number of ether oxygens (including phenoxy) is 1. The molecule has 2 aromatic rings. The van der Waals surface area contributed by atoms with Crippen molar-refractivity contribution in [2.75, 3.05) is 12.4 Å². The van der Waals surface area contributed by atoms with Crippen molar-refractivity contribution in [1.29, 1.82) is 0 Å². The Balaban J connectivity index is 1.49. The van der Waals surface area contributed by atoms with Crippen LogP contribution in [0.15, 0.2) is 60.7 Å². The van der Waals surface area contributed by atoms with E-state index in [1.807, 2.05) is 36.4 Å². The second-order valence-electron chi connectivity index (χ2n) is 7.61. The van der Waals surface area contributed by atoms with Gasteiger partial charge in [-0.25, -0.2) is 0 Å². The molecule has 1 amide bonds. The Morgan fingerprint density at radius 1 is 1.00 bits per heavy atom. The van der Waals surface area contributed by atoms with Crippen LogP contribution in [0, 0.1) is 5.92 Å². The average molecular weight is 412 g/mol. The van der Waals surface area contributed by atoms with Crippen LogP contribution in [-0.2, 0) is 14.3 Å². The highest BCUT2D eigenvalue weighted by atomic mass is 32.2. The fraction of sp³-hybridized carbons (Fsp3) is 0.417.